The van der Waals surface area contributed by atoms with E-state index in [1.165, 1.54) is 0 Å². The number of nitrogens with two attached hydrogens (primary N) is 1. The van der Waals surface area contributed by atoms with Crippen molar-refractivity contribution >= 4 is 22.9 Å². The van der Waals surface area contributed by atoms with Crippen LogP contribution in [0.5, 0.6) is 0 Å². The number of carbonyl (C=O) groups is 1. The molecule has 0 aliphatic carbocycles. The molecule has 0 atom stereocenters. The van der Waals surface area contributed by atoms with Crippen LogP contribution < -0.4 is 16.6 Å². The maximum absolute atomic E-state index is 12.1. The summed E-state index contributed by atoms with van der Waals surface area (Å²) in [7, 11) is 0. The number of hydrogen-bond donors (Lipinski definition) is 3. The van der Waals surface area contributed by atoms with E-state index in [-0.39, 0.29) is 5.91 Å². The van der Waals surface area contributed by atoms with Crippen molar-refractivity contribution in [3.8, 4) is 0 Å². The molecule has 0 unspecified atom stereocenters. The highest BCUT2D eigenvalue weighted by atomic mass is 32.1. The summed E-state index contributed by atoms with van der Waals surface area (Å²) in [5.41, 5.74) is 4.71. The van der Waals surface area contributed by atoms with Gasteiger partial charge in [-0.2, -0.15) is 0 Å². The molecular weight excluding hydrogens is 260 g/mol. The quantitative estimate of drug-likeness (QED) is 0.589. The number of hydrogen-bond acceptors (Lipinski definition) is 5. The number of nitrogens with zero attached hydrogens (tertiary/aromatic N) is 1. The largest absolute Gasteiger partial charge is 0.347 e. The molecule has 5 nitrogen and oxygen atoms in total. The smallest absolute Gasteiger partial charge is 0.253 e. The van der Waals surface area contributed by atoms with Gasteiger partial charge in [-0.05, 0) is 26.0 Å². The van der Waals surface area contributed by atoms with Crippen LogP contribution >= 0.6 is 11.3 Å². The Balaban J connectivity index is 2.09. The number of nitrogen functional groups attached to an aromatic ring is 1. The predicted molar refractivity (Wildman–Crippen MR) is 77.0 cm³/mol. The first-order chi connectivity index (χ1) is 9.10. The van der Waals surface area contributed by atoms with E-state index in [2.05, 4.69) is 15.7 Å². The van der Waals surface area contributed by atoms with Gasteiger partial charge < -0.3 is 10.7 Å². The molecule has 1 aromatic carbocycles. The van der Waals surface area contributed by atoms with Crippen molar-refractivity contribution in [1.29, 1.82) is 0 Å². The van der Waals surface area contributed by atoms with Gasteiger partial charge >= 0.3 is 0 Å². The SMILES string of the molecule is Cc1ccc(NN)c(C(=O)NCc2cnc(C)s2)c1. The molecule has 0 bridgehead atoms. The molecule has 0 aliphatic heterocycles. The minimum absolute atomic E-state index is 0.150. The summed E-state index contributed by atoms with van der Waals surface area (Å²) in [5, 5.41) is 3.86. The van der Waals surface area contributed by atoms with Gasteiger partial charge in [-0.25, -0.2) is 4.98 Å². The number of thiazole rings is 1. The third-order valence-electron chi connectivity index (χ3n) is 2.67. The minimum Gasteiger partial charge on any atom is -0.347 e. The van der Waals surface area contributed by atoms with Gasteiger partial charge in [-0.3, -0.25) is 10.6 Å². The summed E-state index contributed by atoms with van der Waals surface area (Å²) in [5.74, 6) is 5.26. The van der Waals surface area contributed by atoms with E-state index < -0.39 is 0 Å². The zero-order chi connectivity index (χ0) is 13.8. The van der Waals surface area contributed by atoms with Crippen LogP contribution in [0.25, 0.3) is 0 Å². The van der Waals surface area contributed by atoms with Crippen LogP contribution in [0.4, 0.5) is 5.69 Å². The number of nitrogens with one attached hydrogen (secondary N) is 2. The van der Waals surface area contributed by atoms with Gasteiger partial charge in [0.15, 0.2) is 0 Å². The van der Waals surface area contributed by atoms with E-state index in [4.69, 9.17) is 5.84 Å². The van der Waals surface area contributed by atoms with Crippen LogP contribution in [0.1, 0.15) is 25.8 Å². The van der Waals surface area contributed by atoms with E-state index >= 15 is 0 Å². The first-order valence-corrected chi connectivity index (χ1v) is 6.68. The number of rotatable bonds is 4. The van der Waals surface area contributed by atoms with Crippen LogP contribution in [-0.2, 0) is 6.54 Å². The van der Waals surface area contributed by atoms with Gasteiger partial charge in [0.25, 0.3) is 5.91 Å². The molecular formula is C13H16N4OS. The lowest BCUT2D eigenvalue weighted by Gasteiger charge is -2.10. The van der Waals surface area contributed by atoms with Crippen molar-refractivity contribution in [3.05, 3.63) is 45.4 Å². The zero-order valence-electron chi connectivity index (χ0n) is 10.9. The summed E-state index contributed by atoms with van der Waals surface area (Å²) in [4.78, 5) is 17.3. The summed E-state index contributed by atoms with van der Waals surface area (Å²) in [6.07, 6.45) is 1.78. The minimum atomic E-state index is -0.150. The Morgan fingerprint density at radius 2 is 2.21 bits per heavy atom. The monoisotopic (exact) mass is 276 g/mol. The fraction of sp³-hybridized carbons (Fsp3) is 0.231. The molecule has 0 radical (unpaired) electrons. The van der Waals surface area contributed by atoms with Gasteiger partial charge in [0, 0.05) is 11.1 Å². The van der Waals surface area contributed by atoms with E-state index in [1.54, 1.807) is 23.6 Å². The number of amides is 1. The fourth-order valence-electron chi connectivity index (χ4n) is 1.72. The second-order valence-corrected chi connectivity index (χ2v) is 5.54. The highest BCUT2D eigenvalue weighted by Gasteiger charge is 2.11. The second-order valence-electron chi connectivity index (χ2n) is 4.22. The van der Waals surface area contributed by atoms with Gasteiger partial charge in [-0.15, -0.1) is 11.3 Å². The normalized spacial score (nSPS) is 10.3. The zero-order valence-corrected chi connectivity index (χ0v) is 11.7. The lowest BCUT2D eigenvalue weighted by atomic mass is 10.1. The van der Waals surface area contributed by atoms with Gasteiger partial charge in [-0.1, -0.05) is 11.6 Å². The molecule has 0 spiro atoms. The molecule has 0 aliphatic rings. The molecule has 4 N–H and O–H groups in total. The van der Waals surface area contributed by atoms with Crippen molar-refractivity contribution in [1.82, 2.24) is 10.3 Å². The van der Waals surface area contributed by atoms with Gasteiger partial charge in [0.05, 0.1) is 22.8 Å². The molecule has 1 amide bonds. The summed E-state index contributed by atoms with van der Waals surface area (Å²) in [6, 6.07) is 5.50. The molecule has 1 heterocycles. The number of aromatic nitrogens is 1. The van der Waals surface area contributed by atoms with Gasteiger partial charge in [0.2, 0.25) is 0 Å². The standard InChI is InChI=1S/C13H16N4OS/c1-8-3-4-12(17-14)11(5-8)13(18)16-7-10-6-15-9(2)19-10/h3-6,17H,7,14H2,1-2H3,(H,16,18). The Hall–Kier alpha value is -1.92. The van der Waals surface area contributed by atoms with Gasteiger partial charge in [0.1, 0.15) is 0 Å². The van der Waals surface area contributed by atoms with Crippen LogP contribution in [0.15, 0.2) is 24.4 Å². The summed E-state index contributed by atoms with van der Waals surface area (Å²) in [6.45, 7) is 4.35. The third-order valence-corrected chi connectivity index (χ3v) is 3.58. The molecule has 1 aromatic heterocycles. The first-order valence-electron chi connectivity index (χ1n) is 5.87. The Labute approximate surface area is 115 Å². The van der Waals surface area contributed by atoms with E-state index in [9.17, 15) is 4.79 Å². The molecule has 6 heteroatoms. The number of hydrazine groups is 1. The molecule has 0 saturated heterocycles. The van der Waals surface area contributed by atoms with E-state index in [1.807, 2.05) is 26.0 Å². The Bertz CT molecular complexity index is 594. The Kier molecular flexibility index (Phi) is 4.13. The molecule has 100 valence electrons. The average Bonchev–Trinajstić information content (AvgIpc) is 2.81. The van der Waals surface area contributed by atoms with E-state index in [0.29, 0.717) is 17.8 Å². The van der Waals surface area contributed by atoms with Crippen molar-refractivity contribution < 1.29 is 4.79 Å². The number of benzene rings is 1. The third kappa shape index (κ3) is 3.30. The molecule has 0 fully saturated rings. The topological polar surface area (TPSA) is 80.0 Å². The maximum Gasteiger partial charge on any atom is 0.253 e. The fourth-order valence-corrected chi connectivity index (χ4v) is 2.46. The molecule has 2 rings (SSSR count). The van der Waals surface area contributed by atoms with Crippen LogP contribution in [0.3, 0.4) is 0 Å². The Morgan fingerprint density at radius 1 is 1.42 bits per heavy atom. The van der Waals surface area contributed by atoms with Crippen LogP contribution in [-0.4, -0.2) is 10.9 Å². The van der Waals surface area contributed by atoms with Crippen LogP contribution in [0, 0.1) is 13.8 Å². The average molecular weight is 276 g/mol. The predicted octanol–water partition coefficient (Wildman–Crippen LogP) is 1.98. The number of carbonyl (C=O) groups excluding carboxylic acids is 1. The highest BCUT2D eigenvalue weighted by molar-refractivity contribution is 7.11. The molecule has 0 saturated carbocycles. The lowest BCUT2D eigenvalue weighted by molar-refractivity contribution is 0.0952. The van der Waals surface area contributed by atoms with Crippen LogP contribution in [0.2, 0.25) is 0 Å². The number of aryl methyl sites for hydroxylation is 2. The molecule has 2 aromatic rings. The highest BCUT2D eigenvalue weighted by Crippen LogP contribution is 2.17. The first kappa shape index (κ1) is 13.5. The summed E-state index contributed by atoms with van der Waals surface area (Å²) >= 11 is 1.57. The summed E-state index contributed by atoms with van der Waals surface area (Å²) < 4.78 is 0. The van der Waals surface area contributed by atoms with Crippen molar-refractivity contribution in [2.45, 2.75) is 20.4 Å². The second kappa shape index (κ2) is 5.81. The van der Waals surface area contributed by atoms with Crippen molar-refractivity contribution in [2.24, 2.45) is 5.84 Å². The number of anilines is 1. The van der Waals surface area contributed by atoms with E-state index in [0.717, 1.165) is 15.4 Å². The van der Waals surface area contributed by atoms with Crippen molar-refractivity contribution in [3.63, 3.8) is 0 Å². The molecule has 19 heavy (non-hydrogen) atoms. The Morgan fingerprint density at radius 3 is 2.84 bits per heavy atom. The van der Waals surface area contributed by atoms with Crippen molar-refractivity contribution in [2.75, 3.05) is 5.43 Å². The lowest BCUT2D eigenvalue weighted by Crippen LogP contribution is -2.24. The maximum atomic E-state index is 12.1.